The zero-order chi connectivity index (χ0) is 17.6. The molecule has 0 radical (unpaired) electrons. The van der Waals surface area contributed by atoms with E-state index in [1.54, 1.807) is 13.0 Å². The van der Waals surface area contributed by atoms with Crippen molar-refractivity contribution in [1.29, 1.82) is 0 Å². The molecule has 1 aliphatic rings. The van der Waals surface area contributed by atoms with Crippen molar-refractivity contribution in [3.63, 3.8) is 0 Å². The highest BCUT2D eigenvalue weighted by Gasteiger charge is 2.22. The molecule has 4 atom stereocenters. The quantitative estimate of drug-likeness (QED) is 0.644. The number of allylic oxidation sites excluding steroid dienone is 2. The van der Waals surface area contributed by atoms with Gasteiger partial charge in [0.2, 0.25) is 0 Å². The molecule has 0 aromatic rings. The Morgan fingerprint density at radius 3 is 2.48 bits per heavy atom. The lowest BCUT2D eigenvalue weighted by Gasteiger charge is -2.24. The van der Waals surface area contributed by atoms with Crippen LogP contribution in [-0.2, 0) is 0 Å². The molecule has 0 unspecified atom stereocenters. The standard InChI is InChI=1S/C20H34O3/c1-14(2)17-8-6-15(3)7-9-19(22)16(4)12-18(21)13-20(5,23)11-10-17/h7,10-12,14,17-19,21-23H,6,8-9,13H2,1-5H3/b11-10?,15-7+,16-12+/t17-,18+,19-,20+/m1/s1. The minimum atomic E-state index is -1.05. The van der Waals surface area contributed by atoms with Crippen LogP contribution in [0.25, 0.3) is 0 Å². The van der Waals surface area contributed by atoms with E-state index in [1.165, 1.54) is 5.57 Å². The molecule has 0 saturated heterocycles. The smallest absolute Gasteiger partial charge is 0.0827 e. The fraction of sp³-hybridized carbons (Fsp3) is 0.700. The van der Waals surface area contributed by atoms with Crippen molar-refractivity contribution in [2.75, 3.05) is 0 Å². The average molecular weight is 322 g/mol. The Hall–Kier alpha value is -0.900. The van der Waals surface area contributed by atoms with Crippen molar-refractivity contribution in [3.05, 3.63) is 35.5 Å². The fourth-order valence-electron chi connectivity index (χ4n) is 2.94. The zero-order valence-electron chi connectivity index (χ0n) is 15.3. The van der Waals surface area contributed by atoms with E-state index in [0.717, 1.165) is 18.4 Å². The number of aliphatic hydroxyl groups excluding tert-OH is 2. The molecule has 0 spiro atoms. The maximum absolute atomic E-state index is 10.5. The topological polar surface area (TPSA) is 60.7 Å². The van der Waals surface area contributed by atoms with Gasteiger partial charge in [-0.3, -0.25) is 0 Å². The first-order valence-corrected chi connectivity index (χ1v) is 8.72. The lowest BCUT2D eigenvalue weighted by molar-refractivity contribution is 0.0559. The summed E-state index contributed by atoms with van der Waals surface area (Å²) in [5.74, 6) is 0.896. The molecule has 0 aliphatic heterocycles. The van der Waals surface area contributed by atoms with E-state index in [1.807, 2.05) is 13.0 Å². The summed E-state index contributed by atoms with van der Waals surface area (Å²) in [5.41, 5.74) is 0.974. The molecule has 0 bridgehead atoms. The van der Waals surface area contributed by atoms with Crippen molar-refractivity contribution >= 4 is 0 Å². The molecule has 1 rings (SSSR count). The largest absolute Gasteiger partial charge is 0.389 e. The predicted molar refractivity (Wildman–Crippen MR) is 96.1 cm³/mol. The van der Waals surface area contributed by atoms with Crippen LogP contribution in [0.5, 0.6) is 0 Å². The molecule has 3 heteroatoms. The maximum Gasteiger partial charge on any atom is 0.0827 e. The third-order valence-electron chi connectivity index (χ3n) is 4.72. The summed E-state index contributed by atoms with van der Waals surface area (Å²) in [6.45, 7) is 10.0. The summed E-state index contributed by atoms with van der Waals surface area (Å²) in [6, 6.07) is 0. The SMILES string of the molecule is C/C1=C\C[C@@H](O)/C(C)=C/[C@H](O)C[C@@](C)(O)C=C[C@H](C(C)C)CC1. The molecular weight excluding hydrogens is 288 g/mol. The molecule has 0 fully saturated rings. The molecule has 0 amide bonds. The van der Waals surface area contributed by atoms with Crippen molar-refractivity contribution in [2.45, 2.75) is 78.1 Å². The minimum absolute atomic E-state index is 0.229. The number of hydrogen-bond acceptors (Lipinski definition) is 3. The Balaban J connectivity index is 3.05. The summed E-state index contributed by atoms with van der Waals surface area (Å²) >= 11 is 0. The minimum Gasteiger partial charge on any atom is -0.389 e. The van der Waals surface area contributed by atoms with Crippen LogP contribution in [0.2, 0.25) is 0 Å². The molecule has 0 saturated carbocycles. The van der Waals surface area contributed by atoms with E-state index in [4.69, 9.17) is 0 Å². The van der Waals surface area contributed by atoms with Gasteiger partial charge >= 0.3 is 0 Å². The molecule has 0 aromatic carbocycles. The van der Waals surface area contributed by atoms with Gasteiger partial charge in [0.1, 0.15) is 0 Å². The van der Waals surface area contributed by atoms with Gasteiger partial charge in [-0.05, 0) is 57.4 Å². The highest BCUT2D eigenvalue weighted by Crippen LogP contribution is 2.25. The van der Waals surface area contributed by atoms with Crippen LogP contribution in [0.15, 0.2) is 35.5 Å². The monoisotopic (exact) mass is 322 g/mol. The second-order valence-electron chi connectivity index (χ2n) is 7.65. The van der Waals surface area contributed by atoms with Gasteiger partial charge in [0.15, 0.2) is 0 Å². The molecule has 0 aromatic heterocycles. The fourth-order valence-corrected chi connectivity index (χ4v) is 2.94. The van der Waals surface area contributed by atoms with E-state index in [0.29, 0.717) is 18.3 Å². The van der Waals surface area contributed by atoms with Crippen LogP contribution < -0.4 is 0 Å². The van der Waals surface area contributed by atoms with Gasteiger partial charge in [0.25, 0.3) is 0 Å². The van der Waals surface area contributed by atoms with E-state index >= 15 is 0 Å². The number of hydrogen-bond donors (Lipinski definition) is 3. The first-order valence-electron chi connectivity index (χ1n) is 8.72. The lowest BCUT2D eigenvalue weighted by Crippen LogP contribution is -2.28. The van der Waals surface area contributed by atoms with Gasteiger partial charge < -0.3 is 15.3 Å². The van der Waals surface area contributed by atoms with Crippen LogP contribution in [0, 0.1) is 11.8 Å². The van der Waals surface area contributed by atoms with Crippen molar-refractivity contribution in [1.82, 2.24) is 0 Å². The van der Waals surface area contributed by atoms with Gasteiger partial charge in [0.05, 0.1) is 17.8 Å². The van der Waals surface area contributed by atoms with Gasteiger partial charge in [0, 0.05) is 6.42 Å². The van der Waals surface area contributed by atoms with Gasteiger partial charge in [-0.25, -0.2) is 0 Å². The van der Waals surface area contributed by atoms with Crippen LogP contribution in [-0.4, -0.2) is 33.1 Å². The van der Waals surface area contributed by atoms with Crippen LogP contribution >= 0.6 is 0 Å². The normalized spacial score (nSPS) is 39.3. The van der Waals surface area contributed by atoms with Gasteiger partial charge in [-0.15, -0.1) is 0 Å². The van der Waals surface area contributed by atoms with Crippen molar-refractivity contribution in [3.8, 4) is 0 Å². The lowest BCUT2D eigenvalue weighted by atomic mass is 9.86. The summed E-state index contributed by atoms with van der Waals surface area (Å²) in [6.07, 6.45) is 9.14. The van der Waals surface area contributed by atoms with E-state index in [2.05, 4.69) is 32.9 Å². The average Bonchev–Trinajstić information content (AvgIpc) is 2.42. The van der Waals surface area contributed by atoms with Crippen molar-refractivity contribution < 1.29 is 15.3 Å². The molecule has 132 valence electrons. The van der Waals surface area contributed by atoms with Crippen molar-refractivity contribution in [2.24, 2.45) is 11.8 Å². The summed E-state index contributed by atoms with van der Waals surface area (Å²) < 4.78 is 0. The van der Waals surface area contributed by atoms with Crippen LogP contribution in [0.3, 0.4) is 0 Å². The Labute approximate surface area is 141 Å². The Bertz CT molecular complexity index is 458. The number of aliphatic hydroxyl groups is 3. The van der Waals surface area contributed by atoms with Gasteiger partial charge in [-0.2, -0.15) is 0 Å². The second-order valence-corrected chi connectivity index (χ2v) is 7.65. The first kappa shape index (κ1) is 20.1. The maximum atomic E-state index is 10.5. The van der Waals surface area contributed by atoms with Crippen LogP contribution in [0.4, 0.5) is 0 Å². The number of rotatable bonds is 1. The zero-order valence-corrected chi connectivity index (χ0v) is 15.3. The van der Waals surface area contributed by atoms with Gasteiger partial charge in [-0.1, -0.05) is 43.7 Å². The molecule has 3 N–H and O–H groups in total. The second kappa shape index (κ2) is 8.81. The summed E-state index contributed by atoms with van der Waals surface area (Å²) in [4.78, 5) is 0. The Morgan fingerprint density at radius 1 is 1.22 bits per heavy atom. The molecule has 3 nitrogen and oxygen atoms in total. The highest BCUT2D eigenvalue weighted by molar-refractivity contribution is 5.13. The predicted octanol–water partition coefficient (Wildman–Crippen LogP) is 3.75. The van der Waals surface area contributed by atoms with Crippen LogP contribution in [0.1, 0.15) is 60.3 Å². The molecule has 23 heavy (non-hydrogen) atoms. The van der Waals surface area contributed by atoms with E-state index in [-0.39, 0.29) is 6.42 Å². The Kier molecular flexibility index (Phi) is 7.72. The Morgan fingerprint density at radius 2 is 1.87 bits per heavy atom. The first-order chi connectivity index (χ1) is 10.6. The molecule has 0 heterocycles. The summed E-state index contributed by atoms with van der Waals surface area (Å²) in [7, 11) is 0. The third-order valence-corrected chi connectivity index (χ3v) is 4.72. The third kappa shape index (κ3) is 7.47. The molecular formula is C20H34O3. The van der Waals surface area contributed by atoms with E-state index < -0.39 is 17.8 Å². The molecule has 1 aliphatic carbocycles. The van der Waals surface area contributed by atoms with E-state index in [9.17, 15) is 15.3 Å². The summed E-state index contributed by atoms with van der Waals surface area (Å²) in [5, 5.41) is 30.9. The highest BCUT2D eigenvalue weighted by atomic mass is 16.3.